The van der Waals surface area contributed by atoms with Gasteiger partial charge in [-0.05, 0) is 31.9 Å². The van der Waals surface area contributed by atoms with Crippen LogP contribution in [0.15, 0.2) is 0 Å². The summed E-state index contributed by atoms with van der Waals surface area (Å²) in [5.41, 5.74) is 0. The molecule has 1 aliphatic heterocycles. The summed E-state index contributed by atoms with van der Waals surface area (Å²) in [5.74, 6) is 0.988. The molecule has 0 radical (unpaired) electrons. The number of hydrogen-bond acceptors (Lipinski definition) is 6. The molecule has 2 heterocycles. The Morgan fingerprint density at radius 1 is 1.30 bits per heavy atom. The second kappa shape index (κ2) is 6.69. The maximum atomic E-state index is 11.6. The monoisotopic (exact) mass is 298 g/mol. The van der Waals surface area contributed by atoms with Crippen LogP contribution in [0.5, 0.6) is 0 Å². The van der Waals surface area contributed by atoms with Gasteiger partial charge in [0.1, 0.15) is 0 Å². The van der Waals surface area contributed by atoms with Crippen molar-refractivity contribution in [2.75, 3.05) is 42.5 Å². The molecule has 1 saturated heterocycles. The van der Waals surface area contributed by atoms with Crippen molar-refractivity contribution in [2.24, 2.45) is 0 Å². The van der Waals surface area contributed by atoms with E-state index < -0.39 is 0 Å². The first kappa shape index (κ1) is 14.8. The molecule has 20 heavy (non-hydrogen) atoms. The lowest BCUT2D eigenvalue weighted by molar-refractivity contribution is -0.119. The quantitative estimate of drug-likeness (QED) is 0.882. The summed E-state index contributed by atoms with van der Waals surface area (Å²) < 4.78 is 0. The Kier molecular flexibility index (Phi) is 4.94. The zero-order valence-corrected chi connectivity index (χ0v) is 12.5. The highest BCUT2D eigenvalue weighted by Crippen LogP contribution is 2.17. The third kappa shape index (κ3) is 3.47. The molecule has 1 fully saturated rings. The lowest BCUT2D eigenvalue weighted by Crippen LogP contribution is -2.34. The van der Waals surface area contributed by atoms with Gasteiger partial charge in [-0.1, -0.05) is 0 Å². The van der Waals surface area contributed by atoms with E-state index in [2.05, 4.69) is 20.3 Å². The first-order valence-corrected chi connectivity index (χ1v) is 7.20. The molecule has 0 aromatic carbocycles. The molecule has 0 unspecified atom stereocenters. The Labute approximate surface area is 123 Å². The molecule has 0 spiro atoms. The molecule has 7 nitrogen and oxygen atoms in total. The van der Waals surface area contributed by atoms with Gasteiger partial charge in [0.15, 0.2) is 0 Å². The van der Waals surface area contributed by atoms with E-state index in [0.29, 0.717) is 18.4 Å². The lowest BCUT2D eigenvalue weighted by atomic mass is 10.4. The fourth-order valence-corrected chi connectivity index (χ4v) is 2.25. The number of hydrogen-bond donors (Lipinski definition) is 1. The summed E-state index contributed by atoms with van der Waals surface area (Å²) in [6.07, 6.45) is 0.857. The number of carbonyl (C=O) groups excluding carboxylic acids is 1. The molecule has 1 aromatic heterocycles. The third-order valence-electron chi connectivity index (χ3n) is 3.18. The van der Waals surface area contributed by atoms with E-state index in [-0.39, 0.29) is 17.7 Å². The molecule has 1 N–H and O–H groups in total. The zero-order valence-electron chi connectivity index (χ0n) is 11.8. The lowest BCUT2D eigenvalue weighted by Gasteiger charge is -2.22. The van der Waals surface area contributed by atoms with Crippen LogP contribution in [0.4, 0.5) is 11.9 Å². The number of nitrogens with one attached hydrogen (secondary N) is 1. The molecule has 0 saturated carbocycles. The highest BCUT2D eigenvalue weighted by Gasteiger charge is 2.19. The SMILES string of the molecule is CCN(CC)c1nc(Cl)nc(N2CCCNC(=O)C2)n1. The van der Waals surface area contributed by atoms with Crippen LogP contribution in [0.25, 0.3) is 0 Å². The van der Waals surface area contributed by atoms with Gasteiger partial charge in [0.25, 0.3) is 0 Å². The second-order valence-corrected chi connectivity index (χ2v) is 4.84. The van der Waals surface area contributed by atoms with Crippen molar-refractivity contribution in [1.82, 2.24) is 20.3 Å². The van der Waals surface area contributed by atoms with Crippen molar-refractivity contribution in [3.8, 4) is 0 Å². The third-order valence-corrected chi connectivity index (χ3v) is 3.34. The Balaban J connectivity index is 2.28. The van der Waals surface area contributed by atoms with E-state index in [1.165, 1.54) is 0 Å². The topological polar surface area (TPSA) is 74.2 Å². The van der Waals surface area contributed by atoms with Crippen LogP contribution in [-0.2, 0) is 4.79 Å². The van der Waals surface area contributed by atoms with Crippen LogP contribution in [-0.4, -0.2) is 53.6 Å². The van der Waals surface area contributed by atoms with E-state index in [1.54, 1.807) is 0 Å². The van der Waals surface area contributed by atoms with Crippen LogP contribution >= 0.6 is 11.6 Å². The van der Waals surface area contributed by atoms with Gasteiger partial charge < -0.3 is 15.1 Å². The van der Waals surface area contributed by atoms with Crippen molar-refractivity contribution in [3.05, 3.63) is 5.28 Å². The summed E-state index contributed by atoms with van der Waals surface area (Å²) in [5, 5.41) is 2.98. The number of carbonyl (C=O) groups is 1. The molecule has 0 bridgehead atoms. The van der Waals surface area contributed by atoms with Crippen molar-refractivity contribution in [3.63, 3.8) is 0 Å². The largest absolute Gasteiger partial charge is 0.354 e. The molecule has 8 heteroatoms. The number of halogens is 1. The van der Waals surface area contributed by atoms with E-state index in [0.717, 1.165) is 26.1 Å². The van der Waals surface area contributed by atoms with Gasteiger partial charge in [0.05, 0.1) is 6.54 Å². The van der Waals surface area contributed by atoms with Gasteiger partial charge in [-0.25, -0.2) is 0 Å². The van der Waals surface area contributed by atoms with Gasteiger partial charge >= 0.3 is 0 Å². The minimum absolute atomic E-state index is 0.0246. The summed E-state index contributed by atoms with van der Waals surface area (Å²) >= 11 is 5.99. The van der Waals surface area contributed by atoms with E-state index in [1.807, 2.05) is 23.6 Å². The molecule has 0 aliphatic carbocycles. The fourth-order valence-electron chi connectivity index (χ4n) is 2.10. The second-order valence-electron chi connectivity index (χ2n) is 4.50. The maximum Gasteiger partial charge on any atom is 0.239 e. The number of amides is 1. The Bertz CT molecular complexity index is 479. The summed E-state index contributed by atoms with van der Waals surface area (Å²) in [6, 6.07) is 0. The first-order valence-electron chi connectivity index (χ1n) is 6.82. The van der Waals surface area contributed by atoms with Crippen LogP contribution in [0.3, 0.4) is 0 Å². The average Bonchev–Trinajstić information content (AvgIpc) is 2.64. The summed E-state index contributed by atoms with van der Waals surface area (Å²) in [7, 11) is 0. The van der Waals surface area contributed by atoms with Gasteiger partial charge in [0.2, 0.25) is 23.1 Å². The number of nitrogens with zero attached hydrogens (tertiary/aromatic N) is 5. The van der Waals surface area contributed by atoms with E-state index >= 15 is 0 Å². The highest BCUT2D eigenvalue weighted by molar-refractivity contribution is 6.28. The maximum absolute atomic E-state index is 11.6. The van der Waals surface area contributed by atoms with Crippen molar-refractivity contribution in [2.45, 2.75) is 20.3 Å². The van der Waals surface area contributed by atoms with E-state index in [9.17, 15) is 4.79 Å². The molecule has 0 atom stereocenters. The Morgan fingerprint density at radius 2 is 2.05 bits per heavy atom. The van der Waals surface area contributed by atoms with Crippen LogP contribution in [0.2, 0.25) is 5.28 Å². The Morgan fingerprint density at radius 3 is 2.75 bits per heavy atom. The smallest absolute Gasteiger partial charge is 0.239 e. The molecule has 110 valence electrons. The van der Waals surface area contributed by atoms with Gasteiger partial charge in [-0.15, -0.1) is 0 Å². The first-order chi connectivity index (χ1) is 9.63. The predicted octanol–water partition coefficient (Wildman–Crippen LogP) is 0.697. The van der Waals surface area contributed by atoms with Crippen molar-refractivity contribution in [1.29, 1.82) is 0 Å². The van der Waals surface area contributed by atoms with Crippen LogP contribution in [0.1, 0.15) is 20.3 Å². The van der Waals surface area contributed by atoms with Gasteiger partial charge in [-0.3, -0.25) is 4.79 Å². The molecule has 1 aromatic rings. The number of anilines is 2. The van der Waals surface area contributed by atoms with Gasteiger partial charge in [-0.2, -0.15) is 15.0 Å². The fraction of sp³-hybridized carbons (Fsp3) is 0.667. The molecule has 2 rings (SSSR count). The van der Waals surface area contributed by atoms with Crippen molar-refractivity contribution >= 4 is 29.4 Å². The summed E-state index contributed by atoms with van der Waals surface area (Å²) in [6.45, 7) is 7.28. The number of aromatic nitrogens is 3. The van der Waals surface area contributed by atoms with E-state index in [4.69, 9.17) is 11.6 Å². The molecule has 1 aliphatic rings. The Hall–Kier alpha value is -1.63. The normalized spacial score (nSPS) is 15.8. The standard InChI is InChI=1S/C12H19ClN6O/c1-3-18(4-2)11-15-10(13)16-12(17-11)19-7-5-6-14-9(20)8-19/h3-8H2,1-2H3,(H,14,20). The minimum Gasteiger partial charge on any atom is -0.354 e. The number of rotatable bonds is 4. The predicted molar refractivity (Wildman–Crippen MR) is 78.2 cm³/mol. The minimum atomic E-state index is -0.0246. The van der Waals surface area contributed by atoms with Gasteiger partial charge in [0, 0.05) is 26.2 Å². The highest BCUT2D eigenvalue weighted by atomic mass is 35.5. The van der Waals surface area contributed by atoms with Crippen LogP contribution in [0, 0.1) is 0 Å². The molecule has 1 amide bonds. The summed E-state index contributed by atoms with van der Waals surface area (Å²) in [4.78, 5) is 28.2. The molecular weight excluding hydrogens is 280 g/mol. The zero-order chi connectivity index (χ0) is 14.5. The molecular formula is C12H19ClN6O. The van der Waals surface area contributed by atoms with Crippen LogP contribution < -0.4 is 15.1 Å². The van der Waals surface area contributed by atoms with Crippen molar-refractivity contribution < 1.29 is 4.79 Å². The average molecular weight is 299 g/mol.